The molecule has 84 valence electrons. The molecular weight excluding hydrogens is 194 g/mol. The molecule has 0 bridgehead atoms. The summed E-state index contributed by atoms with van der Waals surface area (Å²) in [6.45, 7) is 4.58. The Hall–Kier alpha value is -1.20. The Bertz CT molecular complexity index is 314. The molecule has 1 unspecified atom stereocenters. The number of ether oxygens (including phenoxy) is 1. The summed E-state index contributed by atoms with van der Waals surface area (Å²) >= 11 is 0. The molecule has 0 amide bonds. The van der Waals surface area contributed by atoms with Crippen molar-refractivity contribution in [3.05, 3.63) is 17.6 Å². The highest BCUT2D eigenvalue weighted by atomic mass is 16.5. The first-order valence-electron chi connectivity index (χ1n) is 5.00. The average molecular weight is 211 g/mol. The van der Waals surface area contributed by atoms with Crippen molar-refractivity contribution in [1.29, 1.82) is 0 Å². The minimum atomic E-state index is -0.147. The van der Waals surface area contributed by atoms with Gasteiger partial charge in [-0.05, 0) is 13.8 Å². The van der Waals surface area contributed by atoms with Crippen LogP contribution in [0.2, 0.25) is 0 Å². The summed E-state index contributed by atoms with van der Waals surface area (Å²) in [6.07, 6.45) is 0. The molecule has 0 aromatic carbocycles. The highest BCUT2D eigenvalue weighted by molar-refractivity contribution is 5.19. The predicted octanol–water partition coefficient (Wildman–Crippen LogP) is 0.218. The number of rotatable bonds is 5. The van der Waals surface area contributed by atoms with Crippen LogP contribution < -0.4 is 10.5 Å². The minimum absolute atomic E-state index is 0.0154. The fourth-order valence-electron chi connectivity index (χ4n) is 1.28. The van der Waals surface area contributed by atoms with E-state index in [1.165, 1.54) is 0 Å². The van der Waals surface area contributed by atoms with Gasteiger partial charge >= 0.3 is 0 Å². The zero-order chi connectivity index (χ0) is 11.3. The first kappa shape index (κ1) is 11.9. The van der Waals surface area contributed by atoms with Crippen LogP contribution in [0.4, 0.5) is 0 Å². The second kappa shape index (κ2) is 5.63. The molecule has 0 aliphatic carbocycles. The van der Waals surface area contributed by atoms with E-state index in [-0.39, 0.29) is 12.5 Å². The fraction of sp³-hybridized carbons (Fsp3) is 0.600. The normalized spacial score (nSPS) is 12.5. The molecule has 1 aromatic heterocycles. The van der Waals surface area contributed by atoms with Crippen LogP contribution in [0.15, 0.2) is 6.07 Å². The number of nitrogens with two attached hydrogens (primary N) is 1. The molecule has 0 radical (unpaired) electrons. The summed E-state index contributed by atoms with van der Waals surface area (Å²) in [5.74, 6) is 1.01. The zero-order valence-electron chi connectivity index (χ0n) is 9.10. The second-order valence-electron chi connectivity index (χ2n) is 3.23. The zero-order valence-corrected chi connectivity index (χ0v) is 9.10. The van der Waals surface area contributed by atoms with E-state index in [0.29, 0.717) is 24.9 Å². The van der Waals surface area contributed by atoms with E-state index < -0.39 is 0 Å². The molecule has 0 aliphatic heterocycles. The van der Waals surface area contributed by atoms with Crippen LogP contribution in [-0.4, -0.2) is 34.8 Å². The first-order chi connectivity index (χ1) is 7.21. The average Bonchev–Trinajstić information content (AvgIpc) is 2.19. The van der Waals surface area contributed by atoms with Crippen molar-refractivity contribution in [1.82, 2.24) is 9.97 Å². The number of nitrogens with zero attached hydrogens (tertiary/aromatic N) is 2. The van der Waals surface area contributed by atoms with Gasteiger partial charge < -0.3 is 15.6 Å². The van der Waals surface area contributed by atoms with Crippen molar-refractivity contribution < 1.29 is 9.84 Å². The highest BCUT2D eigenvalue weighted by Crippen LogP contribution is 2.16. The number of aliphatic hydroxyl groups excluding tert-OH is 1. The smallest absolute Gasteiger partial charge is 0.216 e. The number of aromatic nitrogens is 2. The van der Waals surface area contributed by atoms with Crippen LogP contribution in [0.25, 0.3) is 0 Å². The molecule has 5 heteroatoms. The van der Waals surface area contributed by atoms with Gasteiger partial charge in [0, 0.05) is 18.5 Å². The molecule has 1 atom stereocenters. The maximum absolute atomic E-state index is 9.11. The maximum atomic E-state index is 9.11. The summed E-state index contributed by atoms with van der Waals surface area (Å²) in [7, 11) is 0. The Morgan fingerprint density at radius 3 is 2.80 bits per heavy atom. The van der Waals surface area contributed by atoms with E-state index in [9.17, 15) is 0 Å². The largest absolute Gasteiger partial charge is 0.478 e. The molecule has 0 spiro atoms. The molecule has 1 aromatic rings. The topological polar surface area (TPSA) is 81.3 Å². The summed E-state index contributed by atoms with van der Waals surface area (Å²) in [6, 6.07) is 1.73. The molecule has 15 heavy (non-hydrogen) atoms. The summed E-state index contributed by atoms with van der Waals surface area (Å²) in [5.41, 5.74) is 6.26. The SMILES string of the molecule is CCOc1cc(C(CN)CO)nc(C)n1. The van der Waals surface area contributed by atoms with Crippen LogP contribution in [0.1, 0.15) is 24.4 Å². The lowest BCUT2D eigenvalue weighted by atomic mass is 10.1. The van der Waals surface area contributed by atoms with Gasteiger partial charge in [-0.3, -0.25) is 0 Å². The van der Waals surface area contributed by atoms with Crippen molar-refractivity contribution in [2.75, 3.05) is 19.8 Å². The van der Waals surface area contributed by atoms with Crippen LogP contribution in [0.3, 0.4) is 0 Å². The first-order valence-corrected chi connectivity index (χ1v) is 5.00. The lowest BCUT2D eigenvalue weighted by Crippen LogP contribution is -2.18. The van der Waals surface area contributed by atoms with E-state index in [4.69, 9.17) is 15.6 Å². The number of hydrogen-bond donors (Lipinski definition) is 2. The third-order valence-electron chi connectivity index (χ3n) is 2.05. The number of aliphatic hydroxyl groups is 1. The Morgan fingerprint density at radius 1 is 1.53 bits per heavy atom. The molecule has 0 fully saturated rings. The number of aryl methyl sites for hydroxylation is 1. The van der Waals surface area contributed by atoms with Crippen molar-refractivity contribution in [3.63, 3.8) is 0 Å². The fourth-order valence-corrected chi connectivity index (χ4v) is 1.28. The van der Waals surface area contributed by atoms with Crippen LogP contribution in [0.5, 0.6) is 5.88 Å². The molecular formula is C10H17N3O2. The molecule has 0 saturated heterocycles. The molecule has 0 saturated carbocycles. The van der Waals surface area contributed by atoms with E-state index >= 15 is 0 Å². The second-order valence-corrected chi connectivity index (χ2v) is 3.23. The van der Waals surface area contributed by atoms with Crippen molar-refractivity contribution >= 4 is 0 Å². The van der Waals surface area contributed by atoms with Crippen molar-refractivity contribution in [2.24, 2.45) is 5.73 Å². The third kappa shape index (κ3) is 3.14. The van der Waals surface area contributed by atoms with Gasteiger partial charge in [0.15, 0.2) is 0 Å². The molecule has 0 aliphatic rings. The Morgan fingerprint density at radius 2 is 2.27 bits per heavy atom. The van der Waals surface area contributed by atoms with Crippen LogP contribution >= 0.6 is 0 Å². The van der Waals surface area contributed by atoms with Gasteiger partial charge in [-0.1, -0.05) is 0 Å². The van der Waals surface area contributed by atoms with Gasteiger partial charge in [0.1, 0.15) is 5.82 Å². The van der Waals surface area contributed by atoms with Gasteiger partial charge in [0.25, 0.3) is 0 Å². The van der Waals surface area contributed by atoms with Gasteiger partial charge in [-0.25, -0.2) is 4.98 Å². The summed E-state index contributed by atoms with van der Waals surface area (Å²) < 4.78 is 5.29. The molecule has 1 rings (SSSR count). The monoisotopic (exact) mass is 211 g/mol. The predicted molar refractivity (Wildman–Crippen MR) is 56.8 cm³/mol. The third-order valence-corrected chi connectivity index (χ3v) is 2.05. The molecule has 5 nitrogen and oxygen atoms in total. The van der Waals surface area contributed by atoms with Gasteiger partial charge in [0.05, 0.1) is 18.9 Å². The van der Waals surface area contributed by atoms with Crippen LogP contribution in [-0.2, 0) is 0 Å². The van der Waals surface area contributed by atoms with E-state index in [2.05, 4.69) is 9.97 Å². The quantitative estimate of drug-likeness (QED) is 0.728. The minimum Gasteiger partial charge on any atom is -0.478 e. The highest BCUT2D eigenvalue weighted by Gasteiger charge is 2.12. The Balaban J connectivity index is 2.96. The van der Waals surface area contributed by atoms with E-state index in [0.717, 1.165) is 5.69 Å². The van der Waals surface area contributed by atoms with Gasteiger partial charge in [-0.15, -0.1) is 0 Å². The summed E-state index contributed by atoms with van der Waals surface area (Å²) in [5, 5.41) is 9.11. The molecule has 3 N–H and O–H groups in total. The lowest BCUT2D eigenvalue weighted by Gasteiger charge is -2.12. The van der Waals surface area contributed by atoms with Gasteiger partial charge in [0.2, 0.25) is 5.88 Å². The maximum Gasteiger partial charge on any atom is 0.216 e. The summed E-state index contributed by atoms with van der Waals surface area (Å²) in [4.78, 5) is 8.35. The Kier molecular flexibility index (Phi) is 4.45. The van der Waals surface area contributed by atoms with Crippen LogP contribution in [0, 0.1) is 6.92 Å². The molecule has 1 heterocycles. The van der Waals surface area contributed by atoms with Crippen molar-refractivity contribution in [3.8, 4) is 5.88 Å². The van der Waals surface area contributed by atoms with E-state index in [1.54, 1.807) is 13.0 Å². The lowest BCUT2D eigenvalue weighted by molar-refractivity contribution is 0.264. The van der Waals surface area contributed by atoms with E-state index in [1.807, 2.05) is 6.92 Å². The van der Waals surface area contributed by atoms with Crippen molar-refractivity contribution in [2.45, 2.75) is 19.8 Å². The number of hydrogen-bond acceptors (Lipinski definition) is 5. The Labute approximate surface area is 89.3 Å². The standard InChI is InChI=1S/C10H17N3O2/c1-3-15-10-4-9(8(5-11)6-14)12-7(2)13-10/h4,8,14H,3,5-6,11H2,1-2H3. The van der Waals surface area contributed by atoms with Gasteiger partial charge in [-0.2, -0.15) is 4.98 Å².